The van der Waals surface area contributed by atoms with Crippen molar-refractivity contribution >= 4 is 26.2 Å². The summed E-state index contributed by atoms with van der Waals surface area (Å²) in [6.07, 6.45) is 7.03. The molecule has 293 valence electrons. The van der Waals surface area contributed by atoms with Crippen molar-refractivity contribution < 1.29 is 76.3 Å². The van der Waals surface area contributed by atoms with Crippen LogP contribution in [0, 0.1) is 44.9 Å². The first-order valence-electron chi connectivity index (χ1n) is 18.4. The number of likely N-dealkylation sites (tertiary alicyclic amines) is 2. The Kier molecular flexibility index (Phi) is 13.0. The van der Waals surface area contributed by atoms with Crippen LogP contribution in [-0.2, 0) is 23.9 Å². The fourth-order valence-corrected chi connectivity index (χ4v) is 9.53. The molecule has 16 heteroatoms. The van der Waals surface area contributed by atoms with Gasteiger partial charge in [0.05, 0.1) is 36.4 Å². The molecule has 2 aromatic rings. The molecule has 4 bridgehead atoms. The van der Waals surface area contributed by atoms with Gasteiger partial charge in [-0.15, -0.1) is 0 Å². The molecule has 2 aromatic carbocycles. The minimum Gasteiger partial charge on any atom is -1.00 e. The topological polar surface area (TPSA) is 115 Å². The van der Waals surface area contributed by atoms with Crippen molar-refractivity contribution in [2.24, 2.45) is 21.7 Å². The molecule has 9 fully saturated rings. The summed E-state index contributed by atoms with van der Waals surface area (Å²) < 4.78 is 74.5. The van der Waals surface area contributed by atoms with E-state index in [0.717, 1.165) is 68.9 Å². The Morgan fingerprint density at radius 2 is 1.20 bits per heavy atom. The molecule has 6 saturated carbocycles. The van der Waals surface area contributed by atoms with E-state index in [0.29, 0.717) is 58.3 Å². The molecule has 55 heavy (non-hydrogen) atoms. The summed E-state index contributed by atoms with van der Waals surface area (Å²) in [4.78, 5) is 40.6. The van der Waals surface area contributed by atoms with E-state index < -0.39 is 34.1 Å². The zero-order valence-corrected chi connectivity index (χ0v) is 31.4. The average molecular weight is 766 g/mol. The van der Waals surface area contributed by atoms with Crippen molar-refractivity contribution in [3.8, 4) is 11.5 Å². The van der Waals surface area contributed by atoms with Crippen molar-refractivity contribution in [3.63, 3.8) is 0 Å². The van der Waals surface area contributed by atoms with Gasteiger partial charge in [0, 0.05) is 66.3 Å². The molecule has 3 aliphatic heterocycles. The Morgan fingerprint density at radius 3 is 1.58 bits per heavy atom. The maximum atomic E-state index is 13.7. The van der Waals surface area contributed by atoms with Gasteiger partial charge in [-0.25, -0.2) is 17.6 Å². The van der Waals surface area contributed by atoms with Gasteiger partial charge < -0.3 is 35.3 Å². The van der Waals surface area contributed by atoms with Crippen LogP contribution in [0.4, 0.5) is 17.6 Å². The van der Waals surface area contributed by atoms with Gasteiger partial charge in [-0.2, -0.15) is 0 Å². The molecule has 3 saturated heterocycles. The molecule has 9 aliphatic rings. The van der Waals surface area contributed by atoms with E-state index in [-0.39, 0.29) is 87.6 Å². The van der Waals surface area contributed by atoms with E-state index in [4.69, 9.17) is 18.9 Å². The Hall–Kier alpha value is -3.25. The number of methoxy groups -OCH3 is 1. The number of carbonyl (C=O) groups is 3. The van der Waals surface area contributed by atoms with Gasteiger partial charge in [-0.05, 0) is 81.0 Å². The maximum Gasteiger partial charge on any atom is 1.00 e. The summed E-state index contributed by atoms with van der Waals surface area (Å²) in [5.74, 6) is -2.64. The number of aliphatic hydroxyl groups excluding tert-OH is 1. The van der Waals surface area contributed by atoms with Crippen LogP contribution in [0.1, 0.15) is 65.6 Å². The molecule has 10 nitrogen and oxygen atoms in total. The number of hydrogen-bond acceptors (Lipinski definition) is 8. The Labute approximate surface area is 333 Å². The van der Waals surface area contributed by atoms with Crippen molar-refractivity contribution in [2.75, 3.05) is 53.1 Å². The summed E-state index contributed by atoms with van der Waals surface area (Å²) in [7, 11) is 1.37. The second-order valence-corrected chi connectivity index (χ2v) is 16.1. The second kappa shape index (κ2) is 16.7. The Balaban J connectivity index is 0.000000211. The largest absolute Gasteiger partial charge is 1.00 e. The van der Waals surface area contributed by atoms with Crippen molar-refractivity contribution in [3.05, 3.63) is 59.7 Å². The zero-order valence-electron chi connectivity index (χ0n) is 32.4. The number of amides is 2. The van der Waals surface area contributed by atoms with Crippen LogP contribution in [0.5, 0.6) is 11.5 Å². The first-order chi connectivity index (χ1) is 25.3. The molecule has 0 spiro atoms. The van der Waals surface area contributed by atoms with Crippen LogP contribution in [-0.4, -0.2) is 106 Å². The third-order valence-electron chi connectivity index (χ3n) is 12.1. The van der Waals surface area contributed by atoms with Gasteiger partial charge in [0.1, 0.15) is 23.8 Å². The van der Waals surface area contributed by atoms with Gasteiger partial charge in [0.15, 0.2) is 23.1 Å². The van der Waals surface area contributed by atoms with Crippen molar-refractivity contribution in [1.29, 1.82) is 0 Å². The standard InChI is InChI=1S/C18H19F2NO4.C17H19F2NO3.C4H8O.B.Li.H/c1-24-16(23)18-8-17(9-18,10-18)15(22)21-5-4-12(7-21)25-14-6-11(19)2-3-13(14)20;18-11-1-2-13(19)14(5-11)23-12-3-4-20(6-12)15(22)17-7-16(8-17,9-17)10-21;1-2-4-5-3-1;;;/h2-3,6,12H,4-5,7-10H2,1H3;1-2,5,12,21H,3-4,6-10H2;1-4H2;;;/q;;;;+1;-1/t12-,17?,18?;12-,16?,17?;;;;/m11..../s1. The van der Waals surface area contributed by atoms with Crippen LogP contribution >= 0.6 is 0 Å². The molecule has 1 N–H and O–H groups in total. The second-order valence-electron chi connectivity index (χ2n) is 16.1. The van der Waals surface area contributed by atoms with Crippen LogP contribution in [0.2, 0.25) is 0 Å². The number of halogens is 4. The van der Waals surface area contributed by atoms with E-state index >= 15 is 0 Å². The van der Waals surface area contributed by atoms with E-state index in [1.165, 1.54) is 20.0 Å². The first-order valence-corrected chi connectivity index (χ1v) is 18.4. The molecule has 3 heterocycles. The Bertz CT molecular complexity index is 1710. The van der Waals surface area contributed by atoms with Crippen LogP contribution < -0.4 is 28.3 Å². The molecule has 11 rings (SSSR count). The number of ether oxygens (including phenoxy) is 4. The van der Waals surface area contributed by atoms with Gasteiger partial charge in [-0.1, -0.05) is 0 Å². The van der Waals surface area contributed by atoms with E-state index in [1.807, 2.05) is 0 Å². The number of benzene rings is 2. The van der Waals surface area contributed by atoms with Crippen molar-refractivity contribution in [2.45, 2.75) is 76.4 Å². The molecule has 2 amide bonds. The SMILES string of the molecule is C1CCOC1.COC(=O)C12CC(C(=O)N3CC[C@@H](Oc4cc(F)ccc4F)C3)(C1)C2.O=C(N1CC[C@@H](Oc2cc(F)ccc2F)C1)C12CC(CO)(C1)C2.[B].[H-].[Li+]. The van der Waals surface area contributed by atoms with Gasteiger partial charge >= 0.3 is 24.8 Å². The van der Waals surface area contributed by atoms with Gasteiger partial charge in [-0.3, -0.25) is 14.4 Å². The quantitative estimate of drug-likeness (QED) is 0.247. The van der Waals surface area contributed by atoms with Crippen LogP contribution in [0.3, 0.4) is 0 Å². The number of carbonyl (C=O) groups excluding carboxylic acids is 3. The van der Waals surface area contributed by atoms with Crippen molar-refractivity contribution in [1.82, 2.24) is 9.80 Å². The number of rotatable bonds is 8. The summed E-state index contributed by atoms with van der Waals surface area (Å²) in [5, 5.41) is 9.29. The predicted molar refractivity (Wildman–Crippen MR) is 187 cm³/mol. The normalized spacial score (nSPS) is 31.5. The molecular weight excluding hydrogens is 718 g/mol. The number of hydrogen-bond donors (Lipinski definition) is 1. The summed E-state index contributed by atoms with van der Waals surface area (Å²) >= 11 is 0. The maximum absolute atomic E-state index is 13.7. The summed E-state index contributed by atoms with van der Waals surface area (Å²) in [5.41, 5.74) is -1.17. The smallest absolute Gasteiger partial charge is 1.00 e. The average Bonchev–Trinajstić information content (AvgIpc) is 3.87. The monoisotopic (exact) mass is 765 g/mol. The van der Waals surface area contributed by atoms with Gasteiger partial charge in [0.25, 0.3) is 0 Å². The summed E-state index contributed by atoms with van der Waals surface area (Å²) in [6, 6.07) is 6.20. The van der Waals surface area contributed by atoms with E-state index in [1.54, 1.807) is 9.80 Å². The number of nitrogens with zero attached hydrogens (tertiary/aromatic N) is 2. The van der Waals surface area contributed by atoms with E-state index in [2.05, 4.69) is 0 Å². The molecule has 3 radical (unpaired) electrons. The fraction of sp³-hybridized carbons (Fsp3) is 0.615. The van der Waals surface area contributed by atoms with Crippen LogP contribution in [0.25, 0.3) is 0 Å². The minimum absolute atomic E-state index is 0. The van der Waals surface area contributed by atoms with E-state index in [9.17, 15) is 37.1 Å². The fourth-order valence-electron chi connectivity index (χ4n) is 9.53. The predicted octanol–water partition coefficient (Wildman–Crippen LogP) is 1.93. The molecule has 6 aliphatic carbocycles. The molecule has 0 unspecified atom stereocenters. The minimum atomic E-state index is -0.620. The summed E-state index contributed by atoms with van der Waals surface area (Å²) in [6.45, 7) is 4.01. The third-order valence-corrected chi connectivity index (χ3v) is 12.1. The number of aliphatic hydroxyl groups is 1. The molecule has 2 atom stereocenters. The van der Waals surface area contributed by atoms with Crippen LogP contribution in [0.15, 0.2) is 36.4 Å². The first kappa shape index (κ1) is 42.9. The molecular formula is C39H47BF4LiN2O8. The Morgan fingerprint density at radius 1 is 0.764 bits per heavy atom. The zero-order chi connectivity index (χ0) is 37.6. The molecule has 0 aromatic heterocycles. The number of esters is 1. The van der Waals surface area contributed by atoms with Gasteiger partial charge in [0.2, 0.25) is 11.8 Å². The third kappa shape index (κ3) is 8.27.